The standard InChI is InChI=1S/C11H10N3O/c15-9-12-8-10-2-4-11(5-3-10)14-7-1-6-13-14/h1-7H,8H2,(H,12,15). The molecular weight excluding hydrogens is 190 g/mol. The summed E-state index contributed by atoms with van der Waals surface area (Å²) in [4.78, 5) is 9.98. The van der Waals surface area contributed by atoms with Crippen LogP contribution in [0.15, 0.2) is 42.7 Å². The monoisotopic (exact) mass is 200 g/mol. The van der Waals surface area contributed by atoms with Crippen molar-refractivity contribution in [3.63, 3.8) is 0 Å². The van der Waals surface area contributed by atoms with Crippen LogP contribution in [0.3, 0.4) is 0 Å². The van der Waals surface area contributed by atoms with Gasteiger partial charge < -0.3 is 5.32 Å². The van der Waals surface area contributed by atoms with Crippen molar-refractivity contribution in [2.75, 3.05) is 0 Å². The normalized spacial score (nSPS) is 9.87. The van der Waals surface area contributed by atoms with Crippen molar-refractivity contribution in [2.24, 2.45) is 0 Å². The fourth-order valence-electron chi connectivity index (χ4n) is 1.33. The molecule has 1 N–H and O–H groups in total. The molecule has 2 rings (SSSR count). The third-order valence-corrected chi connectivity index (χ3v) is 2.07. The molecule has 0 saturated carbocycles. The molecule has 4 nitrogen and oxygen atoms in total. The summed E-state index contributed by atoms with van der Waals surface area (Å²) in [5.41, 5.74) is 2.04. The van der Waals surface area contributed by atoms with Crippen LogP contribution in [0.2, 0.25) is 0 Å². The molecule has 0 saturated heterocycles. The van der Waals surface area contributed by atoms with Gasteiger partial charge in [-0.1, -0.05) is 12.1 Å². The lowest BCUT2D eigenvalue weighted by atomic mass is 10.2. The van der Waals surface area contributed by atoms with E-state index < -0.39 is 0 Å². The molecule has 4 heteroatoms. The highest BCUT2D eigenvalue weighted by Gasteiger charge is 1.96. The van der Waals surface area contributed by atoms with Crippen molar-refractivity contribution in [3.05, 3.63) is 48.3 Å². The van der Waals surface area contributed by atoms with Crippen LogP contribution in [-0.4, -0.2) is 16.2 Å². The fraction of sp³-hybridized carbons (Fsp3) is 0.0909. The van der Waals surface area contributed by atoms with Crippen molar-refractivity contribution in [1.82, 2.24) is 15.1 Å². The van der Waals surface area contributed by atoms with E-state index in [-0.39, 0.29) is 0 Å². The van der Waals surface area contributed by atoms with Gasteiger partial charge in [0.25, 0.3) is 0 Å². The van der Waals surface area contributed by atoms with E-state index in [9.17, 15) is 4.79 Å². The molecule has 1 aromatic heterocycles. The number of aromatic nitrogens is 2. The van der Waals surface area contributed by atoms with Crippen LogP contribution < -0.4 is 5.32 Å². The Balaban J connectivity index is 2.14. The Kier molecular flexibility index (Phi) is 2.78. The summed E-state index contributed by atoms with van der Waals surface area (Å²) >= 11 is 0. The fourth-order valence-corrected chi connectivity index (χ4v) is 1.33. The van der Waals surface area contributed by atoms with Crippen molar-refractivity contribution >= 4 is 6.41 Å². The van der Waals surface area contributed by atoms with Gasteiger partial charge in [0.15, 0.2) is 0 Å². The summed E-state index contributed by atoms with van der Waals surface area (Å²) in [6.07, 6.45) is 5.26. The zero-order valence-corrected chi connectivity index (χ0v) is 8.05. The molecule has 75 valence electrons. The maximum absolute atomic E-state index is 9.98. The first kappa shape index (κ1) is 9.45. The van der Waals surface area contributed by atoms with E-state index in [0.29, 0.717) is 6.54 Å². The summed E-state index contributed by atoms with van der Waals surface area (Å²) in [7, 11) is 0. The number of hydrogen-bond donors (Lipinski definition) is 1. The molecule has 0 fully saturated rings. The van der Waals surface area contributed by atoms with Crippen LogP contribution in [0.5, 0.6) is 0 Å². The average molecular weight is 200 g/mol. The van der Waals surface area contributed by atoms with Crippen LogP contribution in [0.25, 0.3) is 5.69 Å². The van der Waals surface area contributed by atoms with Crippen LogP contribution in [0.4, 0.5) is 0 Å². The zero-order valence-electron chi connectivity index (χ0n) is 8.05. The molecule has 2 aromatic rings. The molecule has 1 aromatic carbocycles. The Bertz CT molecular complexity index is 420. The molecule has 15 heavy (non-hydrogen) atoms. The molecule has 1 radical (unpaired) electrons. The Morgan fingerprint density at radius 1 is 1.33 bits per heavy atom. The lowest BCUT2D eigenvalue weighted by Crippen LogP contribution is -2.09. The van der Waals surface area contributed by atoms with Crippen molar-refractivity contribution < 1.29 is 4.79 Å². The topological polar surface area (TPSA) is 46.9 Å². The number of carbonyl (C=O) groups excluding carboxylic acids is 1. The van der Waals surface area contributed by atoms with Crippen LogP contribution in [0, 0.1) is 0 Å². The number of rotatable bonds is 4. The highest BCUT2D eigenvalue weighted by molar-refractivity contribution is 5.47. The molecule has 0 aliphatic heterocycles. The first-order valence-electron chi connectivity index (χ1n) is 4.59. The van der Waals surface area contributed by atoms with Gasteiger partial charge in [-0.2, -0.15) is 5.10 Å². The Morgan fingerprint density at radius 3 is 2.73 bits per heavy atom. The molecule has 0 spiro atoms. The van der Waals surface area contributed by atoms with Gasteiger partial charge in [0.2, 0.25) is 0 Å². The minimum atomic E-state index is 0.503. The van der Waals surface area contributed by atoms with E-state index in [4.69, 9.17) is 0 Å². The molecule has 0 bridgehead atoms. The minimum absolute atomic E-state index is 0.503. The van der Waals surface area contributed by atoms with E-state index in [1.165, 1.54) is 0 Å². The second kappa shape index (κ2) is 4.41. The van der Waals surface area contributed by atoms with E-state index in [1.807, 2.05) is 36.5 Å². The first-order chi connectivity index (χ1) is 7.40. The van der Waals surface area contributed by atoms with E-state index in [0.717, 1.165) is 11.3 Å². The first-order valence-corrected chi connectivity index (χ1v) is 4.59. The molecular formula is C11H10N3O. The smallest absolute Gasteiger partial charge is 0.309 e. The molecule has 0 atom stereocenters. The largest absolute Gasteiger partial charge is 0.344 e. The Labute approximate surface area is 87.5 Å². The van der Waals surface area contributed by atoms with Crippen LogP contribution in [-0.2, 0) is 11.3 Å². The lowest BCUT2D eigenvalue weighted by molar-refractivity contribution is 0.542. The van der Waals surface area contributed by atoms with Gasteiger partial charge >= 0.3 is 6.41 Å². The highest BCUT2D eigenvalue weighted by Crippen LogP contribution is 2.08. The molecule has 1 amide bonds. The second-order valence-corrected chi connectivity index (χ2v) is 3.07. The van der Waals surface area contributed by atoms with Gasteiger partial charge in [-0.05, 0) is 23.8 Å². The predicted molar refractivity (Wildman–Crippen MR) is 56.1 cm³/mol. The lowest BCUT2D eigenvalue weighted by Gasteiger charge is -2.03. The summed E-state index contributed by atoms with van der Waals surface area (Å²) < 4.78 is 1.78. The molecule has 0 unspecified atom stereocenters. The maximum Gasteiger partial charge on any atom is 0.309 e. The Morgan fingerprint density at radius 2 is 2.13 bits per heavy atom. The SMILES string of the molecule is O=[C]NCc1ccc(-n2cccn2)cc1. The summed E-state index contributed by atoms with van der Waals surface area (Å²) in [5, 5.41) is 6.61. The van der Waals surface area contributed by atoms with Gasteiger partial charge in [-0.25, -0.2) is 4.68 Å². The van der Waals surface area contributed by atoms with Gasteiger partial charge in [-0.3, -0.25) is 4.79 Å². The number of hydrogen-bond acceptors (Lipinski definition) is 2. The minimum Gasteiger partial charge on any atom is -0.344 e. The van der Waals surface area contributed by atoms with Crippen LogP contribution >= 0.6 is 0 Å². The number of nitrogens with one attached hydrogen (secondary N) is 1. The quantitative estimate of drug-likeness (QED) is 0.749. The van der Waals surface area contributed by atoms with Crippen molar-refractivity contribution in [2.45, 2.75) is 6.54 Å². The van der Waals surface area contributed by atoms with Crippen molar-refractivity contribution in [3.8, 4) is 5.69 Å². The number of nitrogens with zero attached hydrogens (tertiary/aromatic N) is 2. The Hall–Kier alpha value is -2.10. The van der Waals surface area contributed by atoms with Gasteiger partial charge in [0, 0.05) is 18.9 Å². The van der Waals surface area contributed by atoms with Crippen molar-refractivity contribution in [1.29, 1.82) is 0 Å². The summed E-state index contributed by atoms with van der Waals surface area (Å²) in [6, 6.07) is 9.67. The third-order valence-electron chi connectivity index (χ3n) is 2.07. The highest BCUT2D eigenvalue weighted by atomic mass is 16.1. The van der Waals surface area contributed by atoms with Crippen LogP contribution in [0.1, 0.15) is 5.56 Å². The maximum atomic E-state index is 9.98. The van der Waals surface area contributed by atoms with E-state index in [2.05, 4.69) is 10.4 Å². The van der Waals surface area contributed by atoms with Gasteiger partial charge in [0.05, 0.1) is 5.69 Å². The molecule has 0 aliphatic carbocycles. The summed E-state index contributed by atoms with van der Waals surface area (Å²) in [5.74, 6) is 0. The zero-order chi connectivity index (χ0) is 10.5. The average Bonchev–Trinajstić information content (AvgIpc) is 2.80. The van der Waals surface area contributed by atoms with Gasteiger partial charge in [0.1, 0.15) is 0 Å². The van der Waals surface area contributed by atoms with E-state index >= 15 is 0 Å². The van der Waals surface area contributed by atoms with E-state index in [1.54, 1.807) is 17.3 Å². The second-order valence-electron chi connectivity index (χ2n) is 3.07. The third kappa shape index (κ3) is 2.22. The predicted octanol–water partition coefficient (Wildman–Crippen LogP) is 1.03. The van der Waals surface area contributed by atoms with Gasteiger partial charge in [-0.15, -0.1) is 0 Å². The molecule has 1 heterocycles. The summed E-state index contributed by atoms with van der Waals surface area (Å²) in [6.45, 7) is 0.503. The number of benzene rings is 1. The molecule has 0 aliphatic rings. The number of amides is 1.